The fourth-order valence-corrected chi connectivity index (χ4v) is 1.25. The summed E-state index contributed by atoms with van der Waals surface area (Å²) in [6, 6.07) is 1.83. The number of aromatic amines is 1. The maximum Gasteiger partial charge on any atom is 0.257 e. The van der Waals surface area contributed by atoms with Crippen molar-refractivity contribution in [2.24, 2.45) is 0 Å². The van der Waals surface area contributed by atoms with Crippen molar-refractivity contribution >= 4 is 22.5 Å². The van der Waals surface area contributed by atoms with Crippen molar-refractivity contribution in [3.63, 3.8) is 0 Å². The number of hydrogen-bond donors (Lipinski definition) is 1. The number of methoxy groups -OCH3 is 1. The van der Waals surface area contributed by atoms with Gasteiger partial charge in [0.25, 0.3) is 5.88 Å². The molecule has 0 aromatic carbocycles. The summed E-state index contributed by atoms with van der Waals surface area (Å²) in [6.45, 7) is 0. The first kappa shape index (κ1) is 7.36. The highest BCUT2D eigenvalue weighted by Gasteiger charge is 2.07. The van der Waals surface area contributed by atoms with E-state index in [1.807, 2.05) is 6.07 Å². The lowest BCUT2D eigenvalue weighted by atomic mass is 10.4. The molecule has 4 nitrogen and oxygen atoms in total. The van der Waals surface area contributed by atoms with Gasteiger partial charge in [-0.2, -0.15) is 0 Å². The van der Waals surface area contributed by atoms with E-state index in [1.54, 1.807) is 6.20 Å². The van der Waals surface area contributed by atoms with Gasteiger partial charge in [-0.15, -0.1) is 10.2 Å². The van der Waals surface area contributed by atoms with Crippen molar-refractivity contribution in [3.8, 4) is 5.88 Å². The van der Waals surface area contributed by atoms with Crippen LogP contribution < -0.4 is 4.74 Å². The summed E-state index contributed by atoms with van der Waals surface area (Å²) in [5.41, 5.74) is 0.775. The van der Waals surface area contributed by atoms with Crippen molar-refractivity contribution in [2.45, 2.75) is 0 Å². The Morgan fingerprint density at radius 1 is 1.50 bits per heavy atom. The second-order valence-corrected chi connectivity index (χ2v) is 2.62. The summed E-state index contributed by atoms with van der Waals surface area (Å²) >= 11 is 5.78. The number of rotatable bonds is 1. The number of aromatic nitrogens is 3. The van der Waals surface area contributed by atoms with E-state index in [0.29, 0.717) is 11.0 Å². The number of H-pyrrole nitrogens is 1. The monoisotopic (exact) mass is 183 g/mol. The molecule has 0 aliphatic carbocycles. The normalized spacial score (nSPS) is 10.5. The van der Waals surface area contributed by atoms with E-state index in [9.17, 15) is 0 Å². The quantitative estimate of drug-likeness (QED) is 0.731. The second kappa shape index (κ2) is 2.64. The predicted molar refractivity (Wildman–Crippen MR) is 45.5 cm³/mol. The Kier molecular flexibility index (Phi) is 1.62. The van der Waals surface area contributed by atoms with E-state index in [2.05, 4.69) is 15.2 Å². The van der Waals surface area contributed by atoms with Gasteiger partial charge >= 0.3 is 0 Å². The van der Waals surface area contributed by atoms with E-state index >= 15 is 0 Å². The Morgan fingerprint density at radius 2 is 2.33 bits per heavy atom. The molecule has 0 unspecified atom stereocenters. The predicted octanol–water partition coefficient (Wildman–Crippen LogP) is 1.62. The molecule has 5 heteroatoms. The van der Waals surface area contributed by atoms with Gasteiger partial charge in [0.05, 0.1) is 7.11 Å². The number of fused-ring (bicyclic) bond motifs is 1. The van der Waals surface area contributed by atoms with Gasteiger partial charge in [-0.05, 0) is 6.07 Å². The van der Waals surface area contributed by atoms with Gasteiger partial charge in [-0.25, -0.2) is 0 Å². The maximum absolute atomic E-state index is 5.78. The molecule has 0 saturated heterocycles. The first-order valence-electron chi connectivity index (χ1n) is 3.36. The third-order valence-corrected chi connectivity index (χ3v) is 1.88. The lowest BCUT2D eigenvalue weighted by Gasteiger charge is -1.98. The Balaban J connectivity index is 2.82. The molecule has 0 radical (unpaired) electrons. The first-order chi connectivity index (χ1) is 5.83. The zero-order valence-electron chi connectivity index (χ0n) is 6.34. The molecule has 0 spiro atoms. The Hall–Kier alpha value is -1.29. The van der Waals surface area contributed by atoms with Crippen LogP contribution in [0.15, 0.2) is 12.3 Å². The third-order valence-electron chi connectivity index (χ3n) is 1.61. The maximum atomic E-state index is 5.78. The van der Waals surface area contributed by atoms with Crippen molar-refractivity contribution in [3.05, 3.63) is 17.4 Å². The molecule has 62 valence electrons. The molecule has 0 fully saturated rings. The summed E-state index contributed by atoms with van der Waals surface area (Å²) in [5.74, 6) is 0.458. The summed E-state index contributed by atoms with van der Waals surface area (Å²) in [4.78, 5) is 2.97. The van der Waals surface area contributed by atoms with Crippen LogP contribution in [0.3, 0.4) is 0 Å². The topological polar surface area (TPSA) is 50.8 Å². The average molecular weight is 184 g/mol. The van der Waals surface area contributed by atoms with E-state index in [1.165, 1.54) is 7.11 Å². The fourth-order valence-electron chi connectivity index (χ4n) is 1.05. The highest BCUT2D eigenvalue weighted by atomic mass is 35.5. The smallest absolute Gasteiger partial charge is 0.257 e. The number of ether oxygens (including phenoxy) is 1. The minimum atomic E-state index is 0.382. The first-order valence-corrected chi connectivity index (χ1v) is 3.74. The molecule has 0 aliphatic rings. The van der Waals surface area contributed by atoms with Crippen LogP contribution in [0.25, 0.3) is 10.9 Å². The van der Waals surface area contributed by atoms with Gasteiger partial charge in [0, 0.05) is 11.6 Å². The van der Waals surface area contributed by atoms with E-state index in [0.717, 1.165) is 10.9 Å². The molecule has 2 rings (SSSR count). The molecule has 0 atom stereocenters. The van der Waals surface area contributed by atoms with Crippen LogP contribution in [0.1, 0.15) is 0 Å². The summed E-state index contributed by atoms with van der Waals surface area (Å²) in [5, 5.41) is 8.69. The third kappa shape index (κ3) is 0.921. The number of hydrogen-bond acceptors (Lipinski definition) is 3. The molecule has 0 saturated carbocycles. The Labute approximate surface area is 73.5 Å². The van der Waals surface area contributed by atoms with Crippen molar-refractivity contribution in [1.82, 2.24) is 15.2 Å². The fraction of sp³-hybridized carbons (Fsp3) is 0.143. The molecule has 0 amide bonds. The number of nitrogens with one attached hydrogen (secondary N) is 1. The van der Waals surface area contributed by atoms with Gasteiger partial charge in [0.2, 0.25) is 0 Å². The van der Waals surface area contributed by atoms with Gasteiger partial charge in [0.15, 0.2) is 5.15 Å². The largest absolute Gasteiger partial charge is 0.478 e. The van der Waals surface area contributed by atoms with Crippen LogP contribution in [-0.4, -0.2) is 22.3 Å². The van der Waals surface area contributed by atoms with Gasteiger partial charge < -0.3 is 9.72 Å². The molecule has 0 aliphatic heterocycles. The molecule has 0 bridgehead atoms. The zero-order chi connectivity index (χ0) is 8.55. The minimum absolute atomic E-state index is 0.382. The van der Waals surface area contributed by atoms with Gasteiger partial charge in [0.1, 0.15) is 5.52 Å². The molecular weight excluding hydrogens is 178 g/mol. The Morgan fingerprint density at radius 3 is 3.08 bits per heavy atom. The molecule has 12 heavy (non-hydrogen) atoms. The number of halogens is 1. The van der Waals surface area contributed by atoms with Crippen LogP contribution in [-0.2, 0) is 0 Å². The van der Waals surface area contributed by atoms with Crippen molar-refractivity contribution in [1.29, 1.82) is 0 Å². The highest BCUT2D eigenvalue weighted by molar-refractivity contribution is 6.34. The van der Waals surface area contributed by atoms with E-state index < -0.39 is 0 Å². The molecule has 2 aromatic rings. The van der Waals surface area contributed by atoms with Crippen LogP contribution in [0.2, 0.25) is 5.15 Å². The minimum Gasteiger partial charge on any atom is -0.478 e. The van der Waals surface area contributed by atoms with Gasteiger partial charge in [-0.1, -0.05) is 11.6 Å². The summed E-state index contributed by atoms with van der Waals surface area (Å²) in [7, 11) is 1.54. The van der Waals surface area contributed by atoms with Gasteiger partial charge in [-0.3, -0.25) is 0 Å². The van der Waals surface area contributed by atoms with Crippen molar-refractivity contribution < 1.29 is 4.74 Å². The summed E-state index contributed by atoms with van der Waals surface area (Å²) in [6.07, 6.45) is 1.77. The SMILES string of the molecule is COc1nnc(Cl)c2cc[nH]c12. The highest BCUT2D eigenvalue weighted by Crippen LogP contribution is 2.25. The van der Waals surface area contributed by atoms with Crippen LogP contribution >= 0.6 is 11.6 Å². The molecular formula is C7H6ClN3O. The van der Waals surface area contributed by atoms with Crippen LogP contribution in [0, 0.1) is 0 Å². The average Bonchev–Trinajstić information content (AvgIpc) is 2.54. The standard InChI is InChI=1S/C7H6ClN3O/c1-12-7-5-4(2-3-9-5)6(8)10-11-7/h2-3,9H,1H3. The molecule has 2 aromatic heterocycles. The molecule has 1 N–H and O–H groups in total. The van der Waals surface area contributed by atoms with Crippen LogP contribution in [0.5, 0.6) is 5.88 Å². The van der Waals surface area contributed by atoms with Crippen molar-refractivity contribution in [2.75, 3.05) is 7.11 Å². The van der Waals surface area contributed by atoms with Crippen LogP contribution in [0.4, 0.5) is 0 Å². The Bertz CT molecular complexity index is 412. The lowest BCUT2D eigenvalue weighted by molar-refractivity contribution is 0.397. The van der Waals surface area contributed by atoms with E-state index in [-0.39, 0.29) is 0 Å². The second-order valence-electron chi connectivity index (χ2n) is 2.27. The number of nitrogens with zero attached hydrogens (tertiary/aromatic N) is 2. The molecule has 2 heterocycles. The summed E-state index contributed by atoms with van der Waals surface area (Å²) < 4.78 is 4.98. The lowest BCUT2D eigenvalue weighted by Crippen LogP contribution is -1.91. The zero-order valence-corrected chi connectivity index (χ0v) is 7.09. The van der Waals surface area contributed by atoms with E-state index in [4.69, 9.17) is 16.3 Å².